The van der Waals surface area contributed by atoms with Gasteiger partial charge in [-0.25, -0.2) is 0 Å². The van der Waals surface area contributed by atoms with Crippen LogP contribution in [0.4, 0.5) is 0 Å². The summed E-state index contributed by atoms with van der Waals surface area (Å²) in [6, 6.07) is 0. The summed E-state index contributed by atoms with van der Waals surface area (Å²) in [6.07, 6.45) is 0.126. The van der Waals surface area contributed by atoms with Crippen molar-refractivity contribution in [2.75, 3.05) is 11.5 Å². The van der Waals surface area contributed by atoms with E-state index in [9.17, 15) is 9.59 Å². The maximum absolute atomic E-state index is 11.0. The first-order chi connectivity index (χ1) is 5.68. The molecule has 1 N–H and O–H groups in total. The van der Waals surface area contributed by atoms with Gasteiger partial charge in [-0.2, -0.15) is 11.8 Å². The third kappa shape index (κ3) is 4.66. The summed E-state index contributed by atoms with van der Waals surface area (Å²) in [5, 5.41) is 8.93. The second-order valence-corrected chi connectivity index (χ2v) is 4.94. The molecule has 0 saturated carbocycles. The molecule has 1 saturated heterocycles. The van der Waals surface area contributed by atoms with Gasteiger partial charge in [0.2, 0.25) is 0 Å². The largest absolute Gasteiger partial charge is 0.481 e. The molecule has 0 aromatic heterocycles. The van der Waals surface area contributed by atoms with Gasteiger partial charge in [-0.3, -0.25) is 9.59 Å². The molecule has 1 aliphatic heterocycles. The van der Waals surface area contributed by atoms with Crippen LogP contribution in [-0.2, 0) is 9.59 Å². The standard InChI is InChI=1S/C7H10O3S2/c8-6(9)1-2-7(10)12-4-5-3-11-5/h5H,1-4H2,(H,8,9). The molecule has 0 aromatic carbocycles. The smallest absolute Gasteiger partial charge is 0.303 e. The Hall–Kier alpha value is -0.160. The summed E-state index contributed by atoms with van der Waals surface area (Å²) in [5.41, 5.74) is 0. The molecule has 0 amide bonds. The second kappa shape index (κ2) is 4.77. The zero-order valence-electron chi connectivity index (χ0n) is 6.49. The molecule has 1 unspecified atom stereocenters. The van der Waals surface area contributed by atoms with E-state index < -0.39 is 5.97 Å². The Morgan fingerprint density at radius 3 is 2.67 bits per heavy atom. The number of rotatable bonds is 5. The SMILES string of the molecule is O=C(O)CCC(=O)SCC1CS1. The quantitative estimate of drug-likeness (QED) is 0.686. The molecule has 1 heterocycles. The predicted molar refractivity (Wildman–Crippen MR) is 50.6 cm³/mol. The minimum absolute atomic E-state index is 0.00454. The highest BCUT2D eigenvalue weighted by Crippen LogP contribution is 2.33. The van der Waals surface area contributed by atoms with Gasteiger partial charge in [-0.1, -0.05) is 11.8 Å². The van der Waals surface area contributed by atoms with Crippen LogP contribution in [0.25, 0.3) is 0 Å². The monoisotopic (exact) mass is 206 g/mol. The van der Waals surface area contributed by atoms with E-state index in [2.05, 4.69) is 0 Å². The zero-order valence-corrected chi connectivity index (χ0v) is 8.12. The summed E-state index contributed by atoms with van der Waals surface area (Å²) in [4.78, 5) is 21.1. The topological polar surface area (TPSA) is 54.4 Å². The molecule has 12 heavy (non-hydrogen) atoms. The van der Waals surface area contributed by atoms with E-state index in [-0.39, 0.29) is 18.0 Å². The molecule has 5 heteroatoms. The lowest BCUT2D eigenvalue weighted by Crippen LogP contribution is -2.01. The molecule has 0 bridgehead atoms. The van der Waals surface area contributed by atoms with Crippen molar-refractivity contribution >= 4 is 34.6 Å². The van der Waals surface area contributed by atoms with Gasteiger partial charge in [0.25, 0.3) is 0 Å². The highest BCUT2D eigenvalue weighted by Gasteiger charge is 2.23. The van der Waals surface area contributed by atoms with Crippen molar-refractivity contribution in [3.8, 4) is 0 Å². The Bertz CT molecular complexity index is 189. The van der Waals surface area contributed by atoms with Gasteiger partial charge in [0.1, 0.15) is 0 Å². The van der Waals surface area contributed by atoms with Crippen molar-refractivity contribution < 1.29 is 14.7 Å². The Morgan fingerprint density at radius 2 is 2.17 bits per heavy atom. The van der Waals surface area contributed by atoms with Gasteiger partial charge in [0.15, 0.2) is 5.12 Å². The van der Waals surface area contributed by atoms with Crippen LogP contribution >= 0.6 is 23.5 Å². The average Bonchev–Trinajstić information content (AvgIpc) is 2.80. The fourth-order valence-electron chi connectivity index (χ4n) is 0.631. The minimum atomic E-state index is -0.898. The molecule has 1 fully saturated rings. The molecular formula is C7H10O3S2. The summed E-state index contributed by atoms with van der Waals surface area (Å²) >= 11 is 3.11. The number of thioether (sulfide) groups is 2. The lowest BCUT2D eigenvalue weighted by molar-refractivity contribution is -0.137. The van der Waals surface area contributed by atoms with E-state index >= 15 is 0 Å². The zero-order chi connectivity index (χ0) is 8.97. The number of carboxylic acid groups (broad SMARTS) is 1. The minimum Gasteiger partial charge on any atom is -0.481 e. The number of aliphatic carboxylic acids is 1. The second-order valence-electron chi connectivity index (χ2n) is 2.53. The predicted octanol–water partition coefficient (Wildman–Crippen LogP) is 1.23. The van der Waals surface area contributed by atoms with Gasteiger partial charge in [0, 0.05) is 23.2 Å². The van der Waals surface area contributed by atoms with E-state index in [1.165, 1.54) is 11.8 Å². The van der Waals surface area contributed by atoms with Gasteiger partial charge in [0.05, 0.1) is 6.42 Å². The first kappa shape index (κ1) is 9.92. The molecular weight excluding hydrogens is 196 g/mol. The Balaban J connectivity index is 1.98. The fourth-order valence-corrected chi connectivity index (χ4v) is 2.36. The Morgan fingerprint density at radius 1 is 1.50 bits per heavy atom. The van der Waals surface area contributed by atoms with Gasteiger partial charge >= 0.3 is 5.97 Å². The van der Waals surface area contributed by atoms with Crippen LogP contribution in [-0.4, -0.2) is 32.9 Å². The fraction of sp³-hybridized carbons (Fsp3) is 0.714. The summed E-state index contributed by atoms with van der Waals surface area (Å²) in [7, 11) is 0. The molecule has 1 rings (SSSR count). The number of carbonyl (C=O) groups is 2. The van der Waals surface area contributed by atoms with E-state index in [1.807, 2.05) is 11.8 Å². The van der Waals surface area contributed by atoms with Crippen molar-refractivity contribution in [3.63, 3.8) is 0 Å². The lowest BCUT2D eigenvalue weighted by atomic mass is 10.3. The van der Waals surface area contributed by atoms with Crippen LogP contribution in [0.3, 0.4) is 0 Å². The van der Waals surface area contributed by atoms with Crippen LogP contribution in [0.1, 0.15) is 12.8 Å². The number of hydrogen-bond acceptors (Lipinski definition) is 4. The summed E-state index contributed by atoms with van der Waals surface area (Å²) in [5.74, 6) is 1.10. The van der Waals surface area contributed by atoms with Crippen molar-refractivity contribution in [1.29, 1.82) is 0 Å². The third-order valence-corrected chi connectivity index (χ3v) is 3.65. The summed E-state index contributed by atoms with van der Waals surface area (Å²) in [6.45, 7) is 0. The molecule has 0 aromatic rings. The van der Waals surface area contributed by atoms with Crippen molar-refractivity contribution in [2.45, 2.75) is 18.1 Å². The van der Waals surface area contributed by atoms with Crippen LogP contribution in [0.5, 0.6) is 0 Å². The average molecular weight is 206 g/mol. The molecule has 1 aliphatic rings. The molecule has 68 valence electrons. The number of carbonyl (C=O) groups excluding carboxylic acids is 1. The molecule has 0 radical (unpaired) electrons. The van der Waals surface area contributed by atoms with Crippen LogP contribution in [0, 0.1) is 0 Å². The number of hydrogen-bond donors (Lipinski definition) is 1. The Labute approximate surface area is 79.3 Å². The van der Waals surface area contributed by atoms with Crippen molar-refractivity contribution in [3.05, 3.63) is 0 Å². The van der Waals surface area contributed by atoms with Crippen molar-refractivity contribution in [1.82, 2.24) is 0 Å². The van der Waals surface area contributed by atoms with Crippen LogP contribution in [0.2, 0.25) is 0 Å². The Kier molecular flexibility index (Phi) is 3.94. The number of carboxylic acids is 1. The van der Waals surface area contributed by atoms with Gasteiger partial charge < -0.3 is 5.11 Å². The van der Waals surface area contributed by atoms with Gasteiger partial charge in [-0.15, -0.1) is 0 Å². The molecule has 0 aliphatic carbocycles. The third-order valence-electron chi connectivity index (χ3n) is 1.38. The first-order valence-corrected chi connectivity index (χ1v) is 5.71. The van der Waals surface area contributed by atoms with E-state index in [4.69, 9.17) is 5.11 Å². The maximum atomic E-state index is 11.0. The lowest BCUT2D eigenvalue weighted by Gasteiger charge is -1.95. The highest BCUT2D eigenvalue weighted by molar-refractivity contribution is 8.15. The highest BCUT2D eigenvalue weighted by atomic mass is 32.2. The maximum Gasteiger partial charge on any atom is 0.303 e. The van der Waals surface area contributed by atoms with E-state index in [1.54, 1.807) is 0 Å². The first-order valence-electron chi connectivity index (χ1n) is 3.67. The van der Waals surface area contributed by atoms with Crippen LogP contribution < -0.4 is 0 Å². The van der Waals surface area contributed by atoms with E-state index in [0.717, 1.165) is 11.5 Å². The van der Waals surface area contributed by atoms with Crippen LogP contribution in [0.15, 0.2) is 0 Å². The summed E-state index contributed by atoms with van der Waals surface area (Å²) < 4.78 is 0. The molecule has 1 atom stereocenters. The normalized spacial score (nSPS) is 20.5. The van der Waals surface area contributed by atoms with E-state index in [0.29, 0.717) is 5.25 Å². The molecule has 0 spiro atoms. The van der Waals surface area contributed by atoms with Crippen molar-refractivity contribution in [2.24, 2.45) is 0 Å². The molecule has 3 nitrogen and oxygen atoms in total. The van der Waals surface area contributed by atoms with Gasteiger partial charge in [-0.05, 0) is 0 Å².